The molecular weight excluding hydrogens is 424 g/mol. The van der Waals surface area contributed by atoms with Crippen molar-refractivity contribution in [1.82, 2.24) is 9.88 Å². The highest BCUT2D eigenvalue weighted by Crippen LogP contribution is 2.33. The predicted molar refractivity (Wildman–Crippen MR) is 111 cm³/mol. The van der Waals surface area contributed by atoms with Crippen LogP contribution in [-0.2, 0) is 4.79 Å². The van der Waals surface area contributed by atoms with Gasteiger partial charge in [0.05, 0.1) is 23.3 Å². The van der Waals surface area contributed by atoms with Gasteiger partial charge in [0.15, 0.2) is 5.13 Å². The summed E-state index contributed by atoms with van der Waals surface area (Å²) >= 11 is 1.17. The average Bonchev–Trinajstić information content (AvgIpc) is 3.32. The van der Waals surface area contributed by atoms with Gasteiger partial charge >= 0.3 is 0 Å². The molecule has 0 fully saturated rings. The number of rotatable bonds is 6. The van der Waals surface area contributed by atoms with Crippen LogP contribution in [0.3, 0.4) is 0 Å². The van der Waals surface area contributed by atoms with Gasteiger partial charge in [-0.15, -0.1) is 11.3 Å². The molecule has 0 spiro atoms. The summed E-state index contributed by atoms with van der Waals surface area (Å²) in [5.74, 6) is -1.67. The van der Waals surface area contributed by atoms with Crippen LogP contribution >= 0.6 is 11.3 Å². The number of nitrogens with zero attached hydrogens (tertiary/aromatic N) is 3. The van der Waals surface area contributed by atoms with Crippen LogP contribution in [0.15, 0.2) is 47.8 Å². The Hall–Kier alpha value is -4.12. The Morgan fingerprint density at radius 1 is 1.16 bits per heavy atom. The standard InChI is InChI=1S/C20H14N4O6S/c1-30-15-8-3-2-5-11(15)13-10-31-20(21-13)22-16(25)9-23-18(26)12-6-4-7-14(24(28)29)17(12)19(23)27/h2-8,10H,9H2,1H3,(H,21,22,25). The highest BCUT2D eigenvalue weighted by Gasteiger charge is 2.41. The van der Waals surface area contributed by atoms with E-state index >= 15 is 0 Å². The third kappa shape index (κ3) is 3.62. The van der Waals surface area contributed by atoms with Gasteiger partial charge < -0.3 is 10.1 Å². The number of nitro groups is 1. The normalized spacial score (nSPS) is 12.6. The van der Waals surface area contributed by atoms with E-state index in [0.29, 0.717) is 16.3 Å². The fraction of sp³-hybridized carbons (Fsp3) is 0.100. The number of aromatic nitrogens is 1. The van der Waals surface area contributed by atoms with Gasteiger partial charge in [0.2, 0.25) is 5.91 Å². The summed E-state index contributed by atoms with van der Waals surface area (Å²) in [6.07, 6.45) is 0. The molecule has 0 unspecified atom stereocenters. The number of benzene rings is 2. The van der Waals surface area contributed by atoms with Crippen molar-refractivity contribution in [3.8, 4) is 17.0 Å². The molecule has 3 aromatic rings. The first-order chi connectivity index (χ1) is 14.9. The molecule has 0 saturated heterocycles. The molecule has 2 aromatic carbocycles. The Labute approximate surface area is 179 Å². The van der Waals surface area contributed by atoms with E-state index in [2.05, 4.69) is 10.3 Å². The fourth-order valence-corrected chi connectivity index (χ4v) is 3.95. The fourth-order valence-electron chi connectivity index (χ4n) is 3.22. The second-order valence-electron chi connectivity index (χ2n) is 6.44. The first-order valence-corrected chi connectivity index (χ1v) is 9.81. The van der Waals surface area contributed by atoms with Gasteiger partial charge in [-0.1, -0.05) is 18.2 Å². The van der Waals surface area contributed by atoms with Gasteiger partial charge in [0.1, 0.15) is 17.9 Å². The third-order valence-corrected chi connectivity index (χ3v) is 5.37. The minimum absolute atomic E-state index is 0.0975. The molecule has 31 heavy (non-hydrogen) atoms. The van der Waals surface area contributed by atoms with Crippen LogP contribution < -0.4 is 10.1 Å². The monoisotopic (exact) mass is 438 g/mol. The quantitative estimate of drug-likeness (QED) is 0.355. The number of fused-ring (bicyclic) bond motifs is 1. The van der Waals surface area contributed by atoms with E-state index in [0.717, 1.165) is 11.6 Å². The highest BCUT2D eigenvalue weighted by molar-refractivity contribution is 7.14. The van der Waals surface area contributed by atoms with Crippen molar-refractivity contribution < 1.29 is 24.0 Å². The molecule has 1 aliphatic heterocycles. The van der Waals surface area contributed by atoms with Crippen LogP contribution in [0.1, 0.15) is 20.7 Å². The summed E-state index contributed by atoms with van der Waals surface area (Å²) in [7, 11) is 1.54. The van der Waals surface area contributed by atoms with Gasteiger partial charge in [-0.25, -0.2) is 4.98 Å². The Balaban J connectivity index is 1.50. The third-order valence-electron chi connectivity index (χ3n) is 4.61. The van der Waals surface area contributed by atoms with E-state index < -0.39 is 34.9 Å². The maximum atomic E-state index is 12.6. The molecule has 1 aliphatic rings. The predicted octanol–water partition coefficient (Wildman–Crippen LogP) is 2.96. The summed E-state index contributed by atoms with van der Waals surface area (Å²) in [5, 5.41) is 15.7. The molecule has 0 radical (unpaired) electrons. The molecule has 3 amide bonds. The largest absolute Gasteiger partial charge is 0.496 e. The Kier molecular flexibility index (Phi) is 5.17. The van der Waals surface area contributed by atoms with Crippen molar-refractivity contribution in [2.24, 2.45) is 0 Å². The molecule has 10 nitrogen and oxygen atoms in total. The number of carbonyl (C=O) groups excluding carboxylic acids is 3. The molecule has 4 rings (SSSR count). The van der Waals surface area contributed by atoms with Crippen LogP contribution in [-0.4, -0.2) is 46.2 Å². The number of methoxy groups -OCH3 is 1. The van der Waals surface area contributed by atoms with Crippen molar-refractivity contribution in [3.05, 3.63) is 69.1 Å². The van der Waals surface area contributed by atoms with Crippen LogP contribution in [0.2, 0.25) is 0 Å². The van der Waals surface area contributed by atoms with E-state index in [1.54, 1.807) is 18.6 Å². The first-order valence-electron chi connectivity index (χ1n) is 8.93. The van der Waals surface area contributed by atoms with Crippen molar-refractivity contribution in [3.63, 3.8) is 0 Å². The maximum absolute atomic E-state index is 12.6. The van der Waals surface area contributed by atoms with Crippen molar-refractivity contribution in [1.29, 1.82) is 0 Å². The van der Waals surface area contributed by atoms with E-state index in [-0.39, 0.29) is 16.3 Å². The Morgan fingerprint density at radius 2 is 1.90 bits per heavy atom. The number of thiazole rings is 1. The molecule has 0 atom stereocenters. The van der Waals surface area contributed by atoms with Crippen LogP contribution in [0.5, 0.6) is 5.75 Å². The maximum Gasteiger partial charge on any atom is 0.282 e. The molecule has 0 bridgehead atoms. The lowest BCUT2D eigenvalue weighted by Gasteiger charge is -2.12. The number of carbonyl (C=O) groups is 3. The highest BCUT2D eigenvalue weighted by atomic mass is 32.1. The van der Waals surface area contributed by atoms with Crippen molar-refractivity contribution in [2.45, 2.75) is 0 Å². The van der Waals surface area contributed by atoms with E-state index in [1.807, 2.05) is 18.2 Å². The number of amides is 3. The lowest BCUT2D eigenvalue weighted by Crippen LogP contribution is -2.37. The topological polar surface area (TPSA) is 132 Å². The summed E-state index contributed by atoms with van der Waals surface area (Å²) in [5.41, 5.74) is 0.460. The molecule has 1 aromatic heterocycles. The Morgan fingerprint density at radius 3 is 2.65 bits per heavy atom. The number of anilines is 1. The minimum Gasteiger partial charge on any atom is -0.496 e. The van der Waals surface area contributed by atoms with Gasteiger partial charge in [-0.2, -0.15) is 0 Å². The summed E-state index contributed by atoms with van der Waals surface area (Å²) in [6.45, 7) is -0.590. The zero-order chi connectivity index (χ0) is 22.1. The second-order valence-corrected chi connectivity index (χ2v) is 7.30. The molecule has 2 heterocycles. The van der Waals surface area contributed by atoms with Crippen molar-refractivity contribution in [2.75, 3.05) is 19.0 Å². The molecule has 0 saturated carbocycles. The number of para-hydroxylation sites is 1. The van der Waals surface area contributed by atoms with Gasteiger partial charge in [0.25, 0.3) is 17.5 Å². The number of hydrogen-bond acceptors (Lipinski definition) is 8. The zero-order valence-corrected chi connectivity index (χ0v) is 16.8. The Bertz CT molecular complexity index is 1240. The number of ether oxygens (including phenoxy) is 1. The molecule has 1 N–H and O–H groups in total. The smallest absolute Gasteiger partial charge is 0.282 e. The molecule has 11 heteroatoms. The van der Waals surface area contributed by atoms with E-state index in [1.165, 1.54) is 23.5 Å². The molecule has 156 valence electrons. The van der Waals surface area contributed by atoms with E-state index in [9.17, 15) is 24.5 Å². The number of hydrogen-bond donors (Lipinski definition) is 1. The SMILES string of the molecule is COc1ccccc1-c1csc(NC(=O)CN2C(=O)c3cccc([N+](=O)[O-])c3C2=O)n1. The summed E-state index contributed by atoms with van der Waals surface area (Å²) in [6, 6.07) is 11.0. The lowest BCUT2D eigenvalue weighted by atomic mass is 10.1. The van der Waals surface area contributed by atoms with Gasteiger partial charge in [0, 0.05) is 17.0 Å². The lowest BCUT2D eigenvalue weighted by molar-refractivity contribution is -0.385. The van der Waals surface area contributed by atoms with Crippen LogP contribution in [0.4, 0.5) is 10.8 Å². The van der Waals surface area contributed by atoms with Crippen LogP contribution in [0, 0.1) is 10.1 Å². The summed E-state index contributed by atoms with van der Waals surface area (Å²) < 4.78 is 5.31. The summed E-state index contributed by atoms with van der Waals surface area (Å²) in [4.78, 5) is 53.0. The minimum atomic E-state index is -0.878. The first kappa shape index (κ1) is 20.2. The van der Waals surface area contributed by atoms with Gasteiger partial charge in [-0.3, -0.25) is 29.4 Å². The molecule has 0 aliphatic carbocycles. The van der Waals surface area contributed by atoms with Crippen molar-refractivity contribution >= 4 is 39.9 Å². The second kappa shape index (κ2) is 7.95. The number of imide groups is 1. The molecular formula is C20H14N4O6S. The number of nitro benzene ring substituents is 1. The van der Waals surface area contributed by atoms with Gasteiger partial charge in [-0.05, 0) is 18.2 Å². The zero-order valence-electron chi connectivity index (χ0n) is 16.0. The number of nitrogens with one attached hydrogen (secondary N) is 1. The van der Waals surface area contributed by atoms with E-state index in [4.69, 9.17) is 4.74 Å². The average molecular weight is 438 g/mol. The van der Waals surface area contributed by atoms with Crippen LogP contribution in [0.25, 0.3) is 11.3 Å².